The van der Waals surface area contributed by atoms with Crippen molar-refractivity contribution in [1.29, 1.82) is 0 Å². The smallest absolute Gasteiger partial charge is 0.505 e. The van der Waals surface area contributed by atoms with Gasteiger partial charge in [-0.05, 0) is 32.3 Å². The van der Waals surface area contributed by atoms with Gasteiger partial charge in [-0.15, -0.1) is 0 Å². The second-order valence-corrected chi connectivity index (χ2v) is 7.09. The van der Waals surface area contributed by atoms with Crippen molar-refractivity contribution >= 4 is 51.3 Å². The van der Waals surface area contributed by atoms with E-state index in [4.69, 9.17) is 4.65 Å². The molecule has 5 heteroatoms. The van der Waals surface area contributed by atoms with Gasteiger partial charge in [-0.1, -0.05) is 84.9 Å². The van der Waals surface area contributed by atoms with Crippen LogP contribution in [0.3, 0.4) is 0 Å². The second kappa shape index (κ2) is 7.27. The summed E-state index contributed by atoms with van der Waals surface area (Å²) in [5, 5.41) is 5.96. The first-order valence-electron chi connectivity index (χ1n) is 9.54. The number of hydrogen-bond acceptors (Lipinski definition) is 2. The van der Waals surface area contributed by atoms with Crippen molar-refractivity contribution < 1.29 is 18.1 Å². The molecule has 0 atom stereocenters. The van der Waals surface area contributed by atoms with Gasteiger partial charge in [0.25, 0.3) is 0 Å². The molecule has 0 aliphatic heterocycles. The highest BCUT2D eigenvalue weighted by Gasteiger charge is 2.23. The summed E-state index contributed by atoms with van der Waals surface area (Å²) in [6.07, 6.45) is 1.15. The van der Waals surface area contributed by atoms with Crippen molar-refractivity contribution in [3.05, 3.63) is 102 Å². The maximum absolute atomic E-state index is 13.2. The topological polar surface area (TPSA) is 26.3 Å². The van der Waals surface area contributed by atoms with E-state index in [-0.39, 0.29) is 5.76 Å². The van der Waals surface area contributed by atoms with Crippen molar-refractivity contribution in [2.75, 3.05) is 0 Å². The van der Waals surface area contributed by atoms with Gasteiger partial charge in [0.05, 0.1) is 0 Å². The van der Waals surface area contributed by atoms with Crippen LogP contribution in [0.15, 0.2) is 91.0 Å². The van der Waals surface area contributed by atoms with Crippen molar-refractivity contribution in [3.63, 3.8) is 0 Å². The van der Waals surface area contributed by atoms with E-state index >= 15 is 0 Å². The third-order valence-corrected chi connectivity index (χ3v) is 5.33. The Morgan fingerprint density at radius 2 is 1.37 bits per heavy atom. The quantitative estimate of drug-likeness (QED) is 0.108. The largest absolute Gasteiger partial charge is 0.796 e. The first-order valence-corrected chi connectivity index (χ1v) is 9.54. The van der Waals surface area contributed by atoms with E-state index in [0.717, 1.165) is 38.4 Å². The second-order valence-electron chi connectivity index (χ2n) is 7.09. The fourth-order valence-corrected chi connectivity index (χ4v) is 4.03. The highest BCUT2D eigenvalue weighted by Crippen LogP contribution is 2.38. The lowest BCUT2D eigenvalue weighted by molar-refractivity contribution is 0.104. The highest BCUT2D eigenvalue weighted by molar-refractivity contribution is 6.36. The number of halogens is 2. The molecule has 0 spiro atoms. The lowest BCUT2D eigenvalue weighted by atomic mass is 9.91. The van der Waals surface area contributed by atoms with E-state index in [1.54, 1.807) is 36.4 Å². The van der Waals surface area contributed by atoms with Crippen molar-refractivity contribution in [1.82, 2.24) is 0 Å². The number of benzene rings is 5. The summed E-state index contributed by atoms with van der Waals surface area (Å²) >= 11 is 0. The third kappa shape index (κ3) is 3.09. The monoisotopic (exact) mass is 396 g/mol. The highest BCUT2D eigenvalue weighted by atomic mass is 19.2. The average molecular weight is 396 g/mol. The van der Waals surface area contributed by atoms with Crippen molar-refractivity contribution in [2.45, 2.75) is 0 Å². The van der Waals surface area contributed by atoms with E-state index in [1.807, 2.05) is 42.5 Å². The molecule has 0 amide bonds. The number of hydrogen-bond donors (Lipinski definition) is 0. The molecule has 5 rings (SSSR count). The minimum atomic E-state index is -3.04. The molecular weight excluding hydrogens is 381 g/mol. The van der Waals surface area contributed by atoms with Gasteiger partial charge in [0.1, 0.15) is 5.76 Å². The first-order chi connectivity index (χ1) is 14.6. The maximum atomic E-state index is 13.2. The van der Waals surface area contributed by atoms with Crippen LogP contribution in [0.25, 0.3) is 38.1 Å². The standard InChI is InChI=1S/C25H15BF2O2/c27-26(28)30-23(15-22(29)16-5-2-1-3-6-16)20-13-11-19-10-9-17-7-4-8-18-12-14-21(20)25(19)24(17)18/h1-15H/b23-15-. The zero-order valence-electron chi connectivity index (χ0n) is 15.8. The van der Waals surface area contributed by atoms with E-state index in [2.05, 4.69) is 6.07 Å². The molecule has 30 heavy (non-hydrogen) atoms. The van der Waals surface area contributed by atoms with E-state index in [9.17, 15) is 13.4 Å². The molecule has 0 saturated heterocycles. The predicted octanol–water partition coefficient (Wildman–Crippen LogP) is 6.75. The molecule has 0 N–H and O–H groups in total. The molecule has 5 aromatic carbocycles. The summed E-state index contributed by atoms with van der Waals surface area (Å²) in [5.41, 5.74) is 0.871. The van der Waals surface area contributed by atoms with Gasteiger partial charge < -0.3 is 4.65 Å². The maximum Gasteiger partial charge on any atom is 0.796 e. The molecule has 0 fully saturated rings. The zero-order valence-corrected chi connectivity index (χ0v) is 15.8. The molecule has 2 nitrogen and oxygen atoms in total. The van der Waals surface area contributed by atoms with Gasteiger partial charge >= 0.3 is 7.47 Å². The summed E-state index contributed by atoms with van der Waals surface area (Å²) < 4.78 is 31.3. The number of carbonyl (C=O) groups excluding carboxylic acids is 1. The molecule has 0 radical (unpaired) electrons. The Kier molecular flexibility index (Phi) is 4.44. The SMILES string of the molecule is O=C(/C=C(\OB(F)F)c1ccc2ccc3cccc4ccc1c2c34)c1ccccc1. The van der Waals surface area contributed by atoms with Gasteiger partial charge in [0.15, 0.2) is 5.78 Å². The minimum absolute atomic E-state index is 0.142. The van der Waals surface area contributed by atoms with Crippen LogP contribution in [0, 0.1) is 0 Å². The Hall–Kier alpha value is -3.73. The van der Waals surface area contributed by atoms with Crippen LogP contribution in [-0.4, -0.2) is 13.3 Å². The molecule has 0 aromatic heterocycles. The Bertz CT molecular complexity index is 1400. The molecular formula is C25H15BF2O2. The molecule has 0 aliphatic carbocycles. The van der Waals surface area contributed by atoms with E-state index in [1.165, 1.54) is 0 Å². The summed E-state index contributed by atoms with van der Waals surface area (Å²) in [6, 6.07) is 26.1. The number of carbonyl (C=O) groups is 1. The zero-order chi connectivity index (χ0) is 20.7. The summed E-state index contributed by atoms with van der Waals surface area (Å²) in [6.45, 7) is 0. The van der Waals surface area contributed by atoms with Crippen molar-refractivity contribution in [2.24, 2.45) is 0 Å². The van der Waals surface area contributed by atoms with Crippen LogP contribution < -0.4 is 0 Å². The van der Waals surface area contributed by atoms with Crippen LogP contribution in [0.5, 0.6) is 0 Å². The molecule has 0 heterocycles. The van der Waals surface area contributed by atoms with E-state index in [0.29, 0.717) is 11.1 Å². The fourth-order valence-electron chi connectivity index (χ4n) is 4.03. The fraction of sp³-hybridized carbons (Fsp3) is 0. The Balaban J connectivity index is 1.76. The van der Waals surface area contributed by atoms with Crippen LogP contribution in [-0.2, 0) is 4.65 Å². The Morgan fingerprint density at radius 1 is 0.733 bits per heavy atom. The first kappa shape index (κ1) is 18.3. The predicted molar refractivity (Wildman–Crippen MR) is 118 cm³/mol. The molecule has 0 unspecified atom stereocenters. The van der Waals surface area contributed by atoms with Crippen LogP contribution >= 0.6 is 0 Å². The van der Waals surface area contributed by atoms with Gasteiger partial charge in [0, 0.05) is 17.2 Å². The molecule has 0 aliphatic rings. The molecule has 0 saturated carbocycles. The number of ketones is 1. The van der Waals surface area contributed by atoms with Crippen molar-refractivity contribution in [3.8, 4) is 0 Å². The normalized spacial score (nSPS) is 12.0. The molecule has 5 aromatic rings. The number of allylic oxidation sites excluding steroid dienone is 1. The van der Waals surface area contributed by atoms with E-state index < -0.39 is 13.3 Å². The summed E-state index contributed by atoms with van der Waals surface area (Å²) in [5.74, 6) is -0.534. The van der Waals surface area contributed by atoms with Crippen LogP contribution in [0.2, 0.25) is 0 Å². The van der Waals surface area contributed by atoms with Gasteiger partial charge in [-0.2, -0.15) is 0 Å². The summed E-state index contributed by atoms with van der Waals surface area (Å²) in [7, 11) is -3.04. The average Bonchev–Trinajstić information content (AvgIpc) is 2.77. The molecule has 144 valence electrons. The number of rotatable bonds is 5. The van der Waals surface area contributed by atoms with Gasteiger partial charge in [-0.25, -0.2) is 8.63 Å². The van der Waals surface area contributed by atoms with Gasteiger partial charge in [0.2, 0.25) is 0 Å². The summed E-state index contributed by atoms with van der Waals surface area (Å²) in [4.78, 5) is 12.7. The minimum Gasteiger partial charge on any atom is -0.505 e. The lowest BCUT2D eigenvalue weighted by Crippen LogP contribution is -2.07. The third-order valence-electron chi connectivity index (χ3n) is 5.33. The Morgan fingerprint density at radius 3 is 2.07 bits per heavy atom. The lowest BCUT2D eigenvalue weighted by Gasteiger charge is -2.16. The molecule has 0 bridgehead atoms. The van der Waals surface area contributed by atoms with Crippen LogP contribution in [0.1, 0.15) is 15.9 Å². The van der Waals surface area contributed by atoms with Gasteiger partial charge in [-0.3, -0.25) is 4.79 Å². The Labute approximate surface area is 171 Å². The van der Waals surface area contributed by atoms with Crippen LogP contribution in [0.4, 0.5) is 8.63 Å².